The molecule has 1 saturated carbocycles. The lowest BCUT2D eigenvalue weighted by Gasteiger charge is -2.42. The topological polar surface area (TPSA) is 0 Å². The van der Waals surface area contributed by atoms with Gasteiger partial charge < -0.3 is 16.9 Å². The second kappa shape index (κ2) is 5.05. The average Bonchev–Trinajstić information content (AvgIpc) is 2.01. The second-order valence-electron chi connectivity index (χ2n) is 6.99. The van der Waals surface area contributed by atoms with Gasteiger partial charge in [0.15, 0.2) is 0 Å². The van der Waals surface area contributed by atoms with Crippen molar-refractivity contribution in [2.45, 2.75) is 52.5 Å². The zero-order valence-corrected chi connectivity index (χ0v) is 12.1. The monoisotopic (exact) mass is 233 g/mol. The highest BCUT2D eigenvalue weighted by molar-refractivity contribution is 4.80. The van der Waals surface area contributed by atoms with Crippen LogP contribution in [0.5, 0.6) is 0 Å². The van der Waals surface area contributed by atoms with Crippen LogP contribution in [0.25, 0.3) is 0 Å². The molecule has 0 atom stereocenters. The number of quaternary nitrogens is 1. The van der Waals surface area contributed by atoms with Crippen molar-refractivity contribution in [3.63, 3.8) is 0 Å². The molecular weight excluding hydrogens is 206 g/mol. The van der Waals surface area contributed by atoms with Crippen LogP contribution in [0, 0.1) is 11.3 Å². The quantitative estimate of drug-likeness (QED) is 0.572. The lowest BCUT2D eigenvalue weighted by molar-refractivity contribution is -0.897. The molecular formula is C13H28ClN. The predicted molar refractivity (Wildman–Crippen MR) is 63.2 cm³/mol. The molecule has 0 aliphatic heterocycles. The highest BCUT2D eigenvalue weighted by Gasteiger charge is 2.34. The maximum absolute atomic E-state index is 2.39. The summed E-state index contributed by atoms with van der Waals surface area (Å²) in [4.78, 5) is 0. The van der Waals surface area contributed by atoms with Gasteiger partial charge in [0.25, 0.3) is 0 Å². The molecule has 15 heavy (non-hydrogen) atoms. The first-order chi connectivity index (χ1) is 6.21. The van der Waals surface area contributed by atoms with Crippen molar-refractivity contribution in [3.05, 3.63) is 0 Å². The zero-order chi connectivity index (χ0) is 11.0. The van der Waals surface area contributed by atoms with Crippen LogP contribution < -0.4 is 12.4 Å². The third-order valence-electron chi connectivity index (χ3n) is 4.02. The molecule has 1 aliphatic rings. The van der Waals surface area contributed by atoms with Gasteiger partial charge in [-0.25, -0.2) is 0 Å². The van der Waals surface area contributed by atoms with Gasteiger partial charge in [-0.1, -0.05) is 20.8 Å². The number of halogens is 1. The van der Waals surface area contributed by atoms with Crippen LogP contribution in [0.15, 0.2) is 0 Å². The summed E-state index contributed by atoms with van der Waals surface area (Å²) in [5.41, 5.74) is 0.524. The fraction of sp³-hybridized carbons (Fsp3) is 1.00. The number of rotatable bonds is 1. The fourth-order valence-corrected chi connectivity index (χ4v) is 2.72. The third-order valence-corrected chi connectivity index (χ3v) is 4.02. The van der Waals surface area contributed by atoms with Crippen molar-refractivity contribution in [2.24, 2.45) is 11.3 Å². The average molecular weight is 234 g/mol. The standard InChI is InChI=1S/C13H28N.ClH/c1-13(2,3)11-7-9-12(10-8-11)14(4,5)6;/h11-12H,7-10H2,1-6H3;1H/q+1;/p-1. The summed E-state index contributed by atoms with van der Waals surface area (Å²) in [5.74, 6) is 0.949. The summed E-state index contributed by atoms with van der Waals surface area (Å²) in [7, 11) is 7.01. The van der Waals surface area contributed by atoms with Crippen molar-refractivity contribution in [1.29, 1.82) is 0 Å². The summed E-state index contributed by atoms with van der Waals surface area (Å²) in [5, 5.41) is 0. The molecule has 1 nitrogen and oxygen atoms in total. The second-order valence-corrected chi connectivity index (χ2v) is 6.99. The van der Waals surface area contributed by atoms with E-state index in [9.17, 15) is 0 Å². The molecule has 0 saturated heterocycles. The molecule has 0 spiro atoms. The van der Waals surface area contributed by atoms with E-state index in [0.717, 1.165) is 16.4 Å². The Bertz CT molecular complexity index is 158. The molecule has 0 amide bonds. The number of hydrogen-bond donors (Lipinski definition) is 0. The van der Waals surface area contributed by atoms with Crippen molar-refractivity contribution in [1.82, 2.24) is 0 Å². The van der Waals surface area contributed by atoms with Crippen LogP contribution in [0.1, 0.15) is 46.5 Å². The molecule has 1 aliphatic carbocycles. The van der Waals surface area contributed by atoms with E-state index < -0.39 is 0 Å². The first kappa shape index (κ1) is 15.2. The minimum atomic E-state index is 0. The number of nitrogens with zero attached hydrogens (tertiary/aromatic N) is 1. The molecule has 1 rings (SSSR count). The van der Waals surface area contributed by atoms with E-state index in [1.54, 1.807) is 0 Å². The van der Waals surface area contributed by atoms with Crippen molar-refractivity contribution in [3.8, 4) is 0 Å². The highest BCUT2D eigenvalue weighted by atomic mass is 35.5. The van der Waals surface area contributed by atoms with Gasteiger partial charge in [0.05, 0.1) is 27.2 Å². The summed E-state index contributed by atoms with van der Waals surface area (Å²) in [6.45, 7) is 7.18. The van der Waals surface area contributed by atoms with Crippen LogP contribution in [-0.2, 0) is 0 Å². The Kier molecular flexibility index (Phi) is 5.14. The lowest BCUT2D eigenvalue weighted by atomic mass is 9.71. The lowest BCUT2D eigenvalue weighted by Crippen LogP contribution is -3.00. The van der Waals surface area contributed by atoms with E-state index in [4.69, 9.17) is 0 Å². The van der Waals surface area contributed by atoms with E-state index in [-0.39, 0.29) is 12.4 Å². The first-order valence-electron chi connectivity index (χ1n) is 6.02. The molecule has 2 heteroatoms. The van der Waals surface area contributed by atoms with Crippen LogP contribution in [0.2, 0.25) is 0 Å². The number of hydrogen-bond acceptors (Lipinski definition) is 0. The van der Waals surface area contributed by atoms with Crippen LogP contribution in [0.3, 0.4) is 0 Å². The molecule has 0 aromatic rings. The van der Waals surface area contributed by atoms with E-state index in [1.165, 1.54) is 25.7 Å². The fourth-order valence-electron chi connectivity index (χ4n) is 2.72. The molecule has 0 radical (unpaired) electrons. The van der Waals surface area contributed by atoms with Gasteiger partial charge >= 0.3 is 0 Å². The molecule has 92 valence electrons. The Balaban J connectivity index is 0.00000196. The largest absolute Gasteiger partial charge is 1.00 e. The molecule has 0 aromatic heterocycles. The molecule has 0 unspecified atom stereocenters. The van der Waals surface area contributed by atoms with E-state index in [2.05, 4.69) is 41.9 Å². The summed E-state index contributed by atoms with van der Waals surface area (Å²) < 4.78 is 1.15. The summed E-state index contributed by atoms with van der Waals surface area (Å²) in [6.07, 6.45) is 5.71. The van der Waals surface area contributed by atoms with Gasteiger partial charge in [0.1, 0.15) is 0 Å². The predicted octanol–water partition coefficient (Wildman–Crippen LogP) is 0.302. The van der Waals surface area contributed by atoms with Crippen LogP contribution in [0.4, 0.5) is 0 Å². The van der Waals surface area contributed by atoms with Gasteiger partial charge in [0.2, 0.25) is 0 Å². The minimum Gasteiger partial charge on any atom is -1.00 e. The molecule has 1 fully saturated rings. The van der Waals surface area contributed by atoms with Crippen LogP contribution in [-0.4, -0.2) is 31.7 Å². The van der Waals surface area contributed by atoms with Gasteiger partial charge in [-0.05, 0) is 37.0 Å². The highest BCUT2D eigenvalue weighted by Crippen LogP contribution is 2.39. The maximum Gasteiger partial charge on any atom is 0.0884 e. The minimum absolute atomic E-state index is 0. The molecule has 0 N–H and O–H groups in total. The molecule has 0 aromatic carbocycles. The summed E-state index contributed by atoms with van der Waals surface area (Å²) in [6, 6.07) is 0.897. The Morgan fingerprint density at radius 2 is 1.27 bits per heavy atom. The van der Waals surface area contributed by atoms with Crippen molar-refractivity contribution in [2.75, 3.05) is 21.1 Å². The molecule has 0 bridgehead atoms. The van der Waals surface area contributed by atoms with E-state index in [0.29, 0.717) is 5.41 Å². The Morgan fingerprint density at radius 1 is 0.867 bits per heavy atom. The summed E-state index contributed by atoms with van der Waals surface area (Å²) >= 11 is 0. The van der Waals surface area contributed by atoms with Gasteiger partial charge in [-0.2, -0.15) is 0 Å². The van der Waals surface area contributed by atoms with E-state index >= 15 is 0 Å². The maximum atomic E-state index is 2.39. The Morgan fingerprint density at radius 3 is 1.53 bits per heavy atom. The SMILES string of the molecule is CC(C)(C)C1CCC([N+](C)(C)C)CC1.[Cl-]. The van der Waals surface area contributed by atoms with Gasteiger partial charge in [-0.3, -0.25) is 0 Å². The Hall–Kier alpha value is 0.250. The van der Waals surface area contributed by atoms with E-state index in [1.807, 2.05) is 0 Å². The van der Waals surface area contributed by atoms with Gasteiger partial charge in [0, 0.05) is 0 Å². The third kappa shape index (κ3) is 4.32. The Labute approximate surface area is 102 Å². The van der Waals surface area contributed by atoms with Gasteiger partial charge in [-0.15, -0.1) is 0 Å². The normalized spacial score (nSPS) is 28.4. The van der Waals surface area contributed by atoms with Crippen molar-refractivity contribution >= 4 is 0 Å². The van der Waals surface area contributed by atoms with Crippen LogP contribution >= 0.6 is 0 Å². The first-order valence-corrected chi connectivity index (χ1v) is 6.02. The smallest absolute Gasteiger partial charge is 0.0884 e. The van der Waals surface area contributed by atoms with Crippen molar-refractivity contribution < 1.29 is 16.9 Å². The molecule has 0 heterocycles. The zero-order valence-electron chi connectivity index (χ0n) is 11.3.